The van der Waals surface area contributed by atoms with E-state index in [0.29, 0.717) is 24.4 Å². The highest BCUT2D eigenvalue weighted by Gasteiger charge is 2.21. The van der Waals surface area contributed by atoms with Gasteiger partial charge in [-0.3, -0.25) is 4.79 Å². The first-order valence-electron chi connectivity index (χ1n) is 6.83. The summed E-state index contributed by atoms with van der Waals surface area (Å²) in [5.41, 5.74) is 6.43. The Hall–Kier alpha value is -1.49. The Morgan fingerprint density at radius 2 is 1.95 bits per heavy atom. The van der Waals surface area contributed by atoms with Crippen LogP contribution in [-0.2, 0) is 11.3 Å². The van der Waals surface area contributed by atoms with Crippen molar-refractivity contribution in [2.24, 2.45) is 11.7 Å². The second-order valence-corrected chi connectivity index (χ2v) is 5.34. The normalized spacial score (nSPS) is 12.6. The average molecular weight is 284 g/mol. The molecule has 112 valence electrons. The van der Waals surface area contributed by atoms with Gasteiger partial charge in [0, 0.05) is 13.1 Å². The van der Waals surface area contributed by atoms with E-state index in [1.54, 1.807) is 4.90 Å². The highest BCUT2D eigenvalue weighted by atomic mass is 19.2. The molecule has 0 heterocycles. The van der Waals surface area contributed by atoms with E-state index in [0.717, 1.165) is 12.1 Å². The monoisotopic (exact) mass is 284 g/mol. The van der Waals surface area contributed by atoms with Gasteiger partial charge in [0.1, 0.15) is 0 Å². The fourth-order valence-electron chi connectivity index (χ4n) is 2.05. The molecule has 0 saturated carbocycles. The van der Waals surface area contributed by atoms with Crippen molar-refractivity contribution in [1.29, 1.82) is 0 Å². The number of hydrogen-bond acceptors (Lipinski definition) is 2. The summed E-state index contributed by atoms with van der Waals surface area (Å²) in [6.07, 6.45) is 0.604. The summed E-state index contributed by atoms with van der Waals surface area (Å²) in [4.78, 5) is 13.8. The lowest BCUT2D eigenvalue weighted by Gasteiger charge is -2.25. The first-order chi connectivity index (χ1) is 9.35. The van der Waals surface area contributed by atoms with Crippen molar-refractivity contribution in [2.45, 2.75) is 39.8 Å². The summed E-state index contributed by atoms with van der Waals surface area (Å²) >= 11 is 0. The lowest BCUT2D eigenvalue weighted by atomic mass is 10.0. The number of benzene rings is 1. The molecule has 20 heavy (non-hydrogen) atoms. The van der Waals surface area contributed by atoms with Crippen LogP contribution in [0.5, 0.6) is 0 Å². The van der Waals surface area contributed by atoms with Gasteiger partial charge >= 0.3 is 0 Å². The van der Waals surface area contributed by atoms with E-state index in [1.807, 2.05) is 20.8 Å². The van der Waals surface area contributed by atoms with Gasteiger partial charge in [-0.25, -0.2) is 8.78 Å². The highest BCUT2D eigenvalue weighted by Crippen LogP contribution is 2.13. The van der Waals surface area contributed by atoms with Crippen LogP contribution in [0.2, 0.25) is 0 Å². The van der Waals surface area contributed by atoms with Gasteiger partial charge in [-0.15, -0.1) is 0 Å². The molecule has 3 nitrogen and oxygen atoms in total. The van der Waals surface area contributed by atoms with Gasteiger partial charge in [0.15, 0.2) is 11.6 Å². The van der Waals surface area contributed by atoms with Gasteiger partial charge in [-0.05, 0) is 37.0 Å². The van der Waals surface area contributed by atoms with Crippen molar-refractivity contribution in [2.75, 3.05) is 6.54 Å². The molecule has 0 bridgehead atoms. The third-order valence-electron chi connectivity index (χ3n) is 3.09. The summed E-state index contributed by atoms with van der Waals surface area (Å²) in [5.74, 6) is -1.63. The molecule has 1 atom stereocenters. The lowest BCUT2D eigenvalue weighted by Crippen LogP contribution is -2.44. The van der Waals surface area contributed by atoms with Crippen LogP contribution in [-0.4, -0.2) is 23.4 Å². The van der Waals surface area contributed by atoms with Crippen molar-refractivity contribution in [1.82, 2.24) is 4.90 Å². The third-order valence-corrected chi connectivity index (χ3v) is 3.09. The summed E-state index contributed by atoms with van der Waals surface area (Å²) < 4.78 is 26.0. The van der Waals surface area contributed by atoms with E-state index in [1.165, 1.54) is 6.07 Å². The molecule has 1 rings (SSSR count). The van der Waals surface area contributed by atoms with Crippen LogP contribution in [0.4, 0.5) is 8.78 Å². The second kappa shape index (κ2) is 7.33. The number of nitrogens with two attached hydrogens (primary N) is 1. The molecule has 0 unspecified atom stereocenters. The van der Waals surface area contributed by atoms with Crippen LogP contribution >= 0.6 is 0 Å². The molecule has 1 amide bonds. The Balaban J connectivity index is 2.75. The fourth-order valence-corrected chi connectivity index (χ4v) is 2.05. The molecule has 0 aliphatic rings. The molecule has 0 spiro atoms. The Kier molecular flexibility index (Phi) is 6.07. The minimum Gasteiger partial charge on any atom is -0.337 e. The number of carbonyl (C=O) groups excluding carboxylic acids is 1. The van der Waals surface area contributed by atoms with Crippen molar-refractivity contribution >= 4 is 5.91 Å². The maximum atomic E-state index is 13.2. The SMILES string of the molecule is CCN(Cc1ccc(F)c(F)c1)C(=O)[C@@H](N)CC(C)C. The smallest absolute Gasteiger partial charge is 0.239 e. The summed E-state index contributed by atoms with van der Waals surface area (Å²) in [7, 11) is 0. The standard InChI is InChI=1S/C15H22F2N2O/c1-4-19(15(20)14(18)7-10(2)3)9-11-5-6-12(16)13(17)8-11/h5-6,8,10,14H,4,7,9,18H2,1-3H3/t14-/m0/s1. The van der Waals surface area contributed by atoms with E-state index in [2.05, 4.69) is 0 Å². The van der Waals surface area contributed by atoms with E-state index < -0.39 is 17.7 Å². The minimum absolute atomic E-state index is 0.161. The zero-order chi connectivity index (χ0) is 15.3. The third kappa shape index (κ3) is 4.56. The van der Waals surface area contributed by atoms with Crippen LogP contribution in [0.3, 0.4) is 0 Å². The van der Waals surface area contributed by atoms with E-state index in [9.17, 15) is 13.6 Å². The van der Waals surface area contributed by atoms with Crippen molar-refractivity contribution in [3.8, 4) is 0 Å². The van der Waals surface area contributed by atoms with Crippen LogP contribution in [0.25, 0.3) is 0 Å². The Morgan fingerprint density at radius 1 is 1.30 bits per heavy atom. The van der Waals surface area contributed by atoms with Gasteiger partial charge in [-0.1, -0.05) is 19.9 Å². The Bertz CT molecular complexity index is 463. The zero-order valence-corrected chi connectivity index (χ0v) is 12.2. The number of hydrogen-bond donors (Lipinski definition) is 1. The number of rotatable bonds is 6. The first-order valence-corrected chi connectivity index (χ1v) is 6.83. The largest absolute Gasteiger partial charge is 0.337 e. The molecule has 0 aromatic heterocycles. The van der Waals surface area contributed by atoms with Gasteiger partial charge < -0.3 is 10.6 Å². The number of halogens is 2. The Morgan fingerprint density at radius 3 is 2.45 bits per heavy atom. The van der Waals surface area contributed by atoms with Gasteiger partial charge in [0.25, 0.3) is 0 Å². The van der Waals surface area contributed by atoms with E-state index in [4.69, 9.17) is 5.73 Å². The molecule has 0 fully saturated rings. The second-order valence-electron chi connectivity index (χ2n) is 5.34. The molecule has 1 aromatic rings. The molecule has 0 aliphatic heterocycles. The molecular formula is C15H22F2N2O. The fraction of sp³-hybridized carbons (Fsp3) is 0.533. The number of nitrogens with zero attached hydrogens (tertiary/aromatic N) is 1. The lowest BCUT2D eigenvalue weighted by molar-refractivity contribution is -0.133. The minimum atomic E-state index is -0.905. The van der Waals surface area contributed by atoms with Gasteiger partial charge in [0.2, 0.25) is 5.91 Å². The predicted molar refractivity (Wildman–Crippen MR) is 74.9 cm³/mol. The zero-order valence-electron chi connectivity index (χ0n) is 12.2. The highest BCUT2D eigenvalue weighted by molar-refractivity contribution is 5.81. The number of amides is 1. The van der Waals surface area contributed by atoms with Gasteiger partial charge in [0.05, 0.1) is 6.04 Å². The molecule has 0 saturated heterocycles. The maximum absolute atomic E-state index is 13.2. The molecule has 1 aromatic carbocycles. The van der Waals surface area contributed by atoms with Crippen molar-refractivity contribution in [3.05, 3.63) is 35.4 Å². The molecule has 5 heteroatoms. The van der Waals surface area contributed by atoms with Crippen LogP contribution in [0.15, 0.2) is 18.2 Å². The van der Waals surface area contributed by atoms with Crippen molar-refractivity contribution in [3.63, 3.8) is 0 Å². The quantitative estimate of drug-likeness (QED) is 0.873. The number of likely N-dealkylation sites (N-methyl/N-ethyl adjacent to an activating group) is 1. The molecule has 2 N–H and O–H groups in total. The maximum Gasteiger partial charge on any atom is 0.239 e. The first kappa shape index (κ1) is 16.6. The van der Waals surface area contributed by atoms with E-state index >= 15 is 0 Å². The van der Waals surface area contributed by atoms with E-state index in [-0.39, 0.29) is 12.5 Å². The summed E-state index contributed by atoms with van der Waals surface area (Å²) in [5, 5.41) is 0. The number of carbonyl (C=O) groups is 1. The molecule has 0 radical (unpaired) electrons. The topological polar surface area (TPSA) is 46.3 Å². The molecular weight excluding hydrogens is 262 g/mol. The van der Waals surface area contributed by atoms with Crippen molar-refractivity contribution < 1.29 is 13.6 Å². The summed E-state index contributed by atoms with van der Waals surface area (Å²) in [6, 6.07) is 3.10. The van der Waals surface area contributed by atoms with Crippen LogP contribution in [0, 0.1) is 17.6 Å². The van der Waals surface area contributed by atoms with Gasteiger partial charge in [-0.2, -0.15) is 0 Å². The average Bonchev–Trinajstić information content (AvgIpc) is 2.38. The predicted octanol–water partition coefficient (Wildman–Crippen LogP) is 2.69. The summed E-state index contributed by atoms with van der Waals surface area (Å²) in [6.45, 7) is 6.54. The Labute approximate surface area is 118 Å². The molecule has 0 aliphatic carbocycles. The van der Waals surface area contributed by atoms with Crippen LogP contribution in [0.1, 0.15) is 32.8 Å². The van der Waals surface area contributed by atoms with Crippen LogP contribution < -0.4 is 5.73 Å².